The smallest absolute Gasteiger partial charge is 0.253 e. The van der Waals surface area contributed by atoms with Crippen LogP contribution in [0, 0.1) is 0 Å². The predicted molar refractivity (Wildman–Crippen MR) is 127 cm³/mol. The van der Waals surface area contributed by atoms with E-state index in [2.05, 4.69) is 4.90 Å². The van der Waals surface area contributed by atoms with Crippen LogP contribution in [0.4, 0.5) is 0 Å². The number of benzene rings is 2. The van der Waals surface area contributed by atoms with Gasteiger partial charge in [-0.05, 0) is 56.3 Å². The van der Waals surface area contributed by atoms with Gasteiger partial charge in [-0.2, -0.15) is 4.31 Å². The monoisotopic (exact) mass is 475 g/mol. The number of rotatable bonds is 9. The molecule has 33 heavy (non-hydrogen) atoms. The molecule has 2 aromatic rings. The maximum atomic E-state index is 13.1. The lowest BCUT2D eigenvalue weighted by Crippen LogP contribution is -2.48. The van der Waals surface area contributed by atoms with Crippen molar-refractivity contribution in [2.45, 2.75) is 25.3 Å². The van der Waals surface area contributed by atoms with Crippen molar-refractivity contribution in [1.82, 2.24) is 14.1 Å². The number of hydrogen-bond donors (Lipinski definition) is 0. The van der Waals surface area contributed by atoms with Crippen molar-refractivity contribution < 1.29 is 22.7 Å². The first-order chi connectivity index (χ1) is 15.8. The van der Waals surface area contributed by atoms with Crippen LogP contribution in [0.5, 0.6) is 11.5 Å². The van der Waals surface area contributed by atoms with Crippen LogP contribution in [-0.4, -0.2) is 81.9 Å². The Labute approximate surface area is 196 Å². The minimum atomic E-state index is -3.62. The number of piperazine rings is 1. The molecule has 0 atom stereocenters. The fourth-order valence-electron chi connectivity index (χ4n) is 3.99. The Balaban J connectivity index is 1.65. The zero-order valence-electron chi connectivity index (χ0n) is 19.8. The third-order valence-electron chi connectivity index (χ3n) is 6.00. The number of nitrogens with zero attached hydrogens (tertiary/aromatic N) is 3. The molecule has 1 aliphatic rings. The normalized spacial score (nSPS) is 15.3. The number of carbonyl (C=O) groups excluding carboxylic acids is 1. The lowest BCUT2D eigenvalue weighted by atomic mass is 10.1. The second kappa shape index (κ2) is 11.0. The second-order valence-corrected chi connectivity index (χ2v) is 9.80. The van der Waals surface area contributed by atoms with Gasteiger partial charge in [-0.1, -0.05) is 0 Å². The van der Waals surface area contributed by atoms with E-state index in [1.165, 1.54) is 16.4 Å². The summed E-state index contributed by atoms with van der Waals surface area (Å²) in [5.74, 6) is 1.45. The van der Waals surface area contributed by atoms with Crippen molar-refractivity contribution in [3.8, 4) is 11.5 Å². The van der Waals surface area contributed by atoms with Gasteiger partial charge < -0.3 is 14.4 Å². The number of amides is 1. The van der Waals surface area contributed by atoms with Gasteiger partial charge in [0.2, 0.25) is 10.0 Å². The summed E-state index contributed by atoms with van der Waals surface area (Å²) in [6.07, 6.45) is 0. The molecule has 1 saturated heterocycles. The number of hydrogen-bond acceptors (Lipinski definition) is 6. The summed E-state index contributed by atoms with van der Waals surface area (Å²) >= 11 is 0. The highest BCUT2D eigenvalue weighted by Crippen LogP contribution is 2.26. The van der Waals surface area contributed by atoms with Crippen molar-refractivity contribution >= 4 is 15.9 Å². The van der Waals surface area contributed by atoms with Gasteiger partial charge in [0.15, 0.2) is 0 Å². The lowest BCUT2D eigenvalue weighted by molar-refractivity contribution is 0.0773. The maximum absolute atomic E-state index is 13.1. The van der Waals surface area contributed by atoms with E-state index in [9.17, 15) is 13.2 Å². The Kier molecular flexibility index (Phi) is 8.34. The van der Waals surface area contributed by atoms with Crippen LogP contribution >= 0.6 is 0 Å². The van der Waals surface area contributed by atoms with Crippen molar-refractivity contribution in [2.24, 2.45) is 0 Å². The number of sulfonamides is 1. The van der Waals surface area contributed by atoms with E-state index in [0.29, 0.717) is 51.4 Å². The first-order valence-corrected chi connectivity index (χ1v) is 12.6. The van der Waals surface area contributed by atoms with Crippen molar-refractivity contribution in [3.63, 3.8) is 0 Å². The summed E-state index contributed by atoms with van der Waals surface area (Å²) < 4.78 is 38.6. The first-order valence-electron chi connectivity index (χ1n) is 11.2. The summed E-state index contributed by atoms with van der Waals surface area (Å²) in [6, 6.07) is 11.9. The molecule has 0 N–H and O–H groups in total. The number of ether oxygens (including phenoxy) is 2. The van der Waals surface area contributed by atoms with Crippen LogP contribution in [0.25, 0.3) is 0 Å². The molecule has 0 saturated carbocycles. The minimum Gasteiger partial charge on any atom is -0.497 e. The van der Waals surface area contributed by atoms with Crippen molar-refractivity contribution in [3.05, 3.63) is 53.6 Å². The summed E-state index contributed by atoms with van der Waals surface area (Å²) in [5, 5.41) is 0. The van der Waals surface area contributed by atoms with E-state index in [4.69, 9.17) is 9.47 Å². The zero-order chi connectivity index (χ0) is 24.0. The molecule has 1 amide bonds. The molecular formula is C24H33N3O5S. The molecular weight excluding hydrogens is 442 g/mol. The van der Waals surface area contributed by atoms with Gasteiger partial charge >= 0.3 is 0 Å². The van der Waals surface area contributed by atoms with Gasteiger partial charge in [0.05, 0.1) is 19.1 Å². The molecule has 0 bridgehead atoms. The van der Waals surface area contributed by atoms with Gasteiger partial charge in [0.25, 0.3) is 5.91 Å². The van der Waals surface area contributed by atoms with Crippen molar-refractivity contribution in [2.75, 3.05) is 53.5 Å². The fourth-order valence-corrected chi connectivity index (χ4v) is 5.41. The maximum Gasteiger partial charge on any atom is 0.253 e. The molecule has 3 rings (SSSR count). The van der Waals surface area contributed by atoms with Gasteiger partial charge in [-0.3, -0.25) is 9.69 Å². The summed E-state index contributed by atoms with van der Waals surface area (Å²) in [5.41, 5.74) is 1.50. The van der Waals surface area contributed by atoms with E-state index < -0.39 is 10.0 Å². The third-order valence-corrected chi connectivity index (χ3v) is 7.92. The molecule has 180 valence electrons. The Morgan fingerprint density at radius 1 is 0.939 bits per heavy atom. The SMILES string of the molecule is CCN(CC)C(=O)c1ccc(S(=O)(=O)N2CCN(Cc3cc(OC)ccc3OC)CC2)cc1. The molecule has 0 aromatic heterocycles. The average molecular weight is 476 g/mol. The molecule has 1 aliphatic heterocycles. The Bertz CT molecular complexity index is 1040. The molecule has 8 nitrogen and oxygen atoms in total. The topological polar surface area (TPSA) is 79.4 Å². The summed E-state index contributed by atoms with van der Waals surface area (Å²) in [6.45, 7) is 7.73. The zero-order valence-corrected chi connectivity index (χ0v) is 20.6. The molecule has 2 aromatic carbocycles. The molecule has 1 fully saturated rings. The van der Waals surface area contributed by atoms with Crippen LogP contribution in [-0.2, 0) is 16.6 Å². The molecule has 9 heteroatoms. The highest BCUT2D eigenvalue weighted by molar-refractivity contribution is 7.89. The quantitative estimate of drug-likeness (QED) is 0.555. The number of methoxy groups -OCH3 is 2. The summed E-state index contributed by atoms with van der Waals surface area (Å²) in [7, 11) is -0.357. The molecule has 0 spiro atoms. The highest BCUT2D eigenvalue weighted by atomic mass is 32.2. The van der Waals surface area contributed by atoms with Gasteiger partial charge in [0, 0.05) is 56.9 Å². The van der Waals surface area contributed by atoms with Gasteiger partial charge in [-0.15, -0.1) is 0 Å². The lowest BCUT2D eigenvalue weighted by Gasteiger charge is -2.34. The highest BCUT2D eigenvalue weighted by Gasteiger charge is 2.29. The Morgan fingerprint density at radius 2 is 1.58 bits per heavy atom. The molecule has 0 radical (unpaired) electrons. The average Bonchev–Trinajstić information content (AvgIpc) is 2.85. The largest absolute Gasteiger partial charge is 0.497 e. The Hall–Kier alpha value is -2.62. The molecule has 0 unspecified atom stereocenters. The molecule has 1 heterocycles. The van der Waals surface area contributed by atoms with Crippen LogP contribution in [0.1, 0.15) is 29.8 Å². The summed E-state index contributed by atoms with van der Waals surface area (Å²) in [4.78, 5) is 16.6. The van der Waals surface area contributed by atoms with E-state index in [1.807, 2.05) is 32.0 Å². The second-order valence-electron chi connectivity index (χ2n) is 7.86. The van der Waals surface area contributed by atoms with Crippen LogP contribution < -0.4 is 9.47 Å². The Morgan fingerprint density at radius 3 is 2.12 bits per heavy atom. The number of carbonyl (C=O) groups is 1. The van der Waals surface area contributed by atoms with Gasteiger partial charge in [0.1, 0.15) is 11.5 Å². The van der Waals surface area contributed by atoms with E-state index in [-0.39, 0.29) is 10.8 Å². The third kappa shape index (κ3) is 5.66. The van der Waals surface area contributed by atoms with E-state index in [1.54, 1.807) is 31.3 Å². The standard InChI is InChI=1S/C24H33N3O5S/c1-5-26(6-2)24(28)19-7-10-22(11-8-19)33(29,30)27-15-13-25(14-16-27)18-20-17-21(31-3)9-12-23(20)32-4/h7-12,17H,5-6,13-16,18H2,1-4H3. The van der Waals surface area contributed by atoms with Crippen molar-refractivity contribution in [1.29, 1.82) is 0 Å². The van der Waals surface area contributed by atoms with Crippen LogP contribution in [0.15, 0.2) is 47.4 Å². The fraction of sp³-hybridized carbons (Fsp3) is 0.458. The van der Waals surface area contributed by atoms with E-state index >= 15 is 0 Å². The molecule has 0 aliphatic carbocycles. The van der Waals surface area contributed by atoms with Gasteiger partial charge in [-0.25, -0.2) is 8.42 Å². The van der Waals surface area contributed by atoms with Crippen LogP contribution in [0.2, 0.25) is 0 Å². The predicted octanol–water partition coefficient (Wildman–Crippen LogP) is 2.69. The minimum absolute atomic E-state index is 0.0921. The van der Waals surface area contributed by atoms with Crippen LogP contribution in [0.3, 0.4) is 0 Å². The van der Waals surface area contributed by atoms with E-state index in [0.717, 1.165) is 17.1 Å². The first kappa shape index (κ1) is 25.0.